The summed E-state index contributed by atoms with van der Waals surface area (Å²) in [5.74, 6) is 0.328. The quantitative estimate of drug-likeness (QED) is 0.620. The fourth-order valence-electron chi connectivity index (χ4n) is 3.48. The van der Waals surface area contributed by atoms with E-state index in [1.54, 1.807) is 31.2 Å². The molecule has 0 bridgehead atoms. The van der Waals surface area contributed by atoms with E-state index in [9.17, 15) is 13.2 Å². The van der Waals surface area contributed by atoms with Crippen molar-refractivity contribution in [2.75, 3.05) is 17.2 Å². The van der Waals surface area contributed by atoms with E-state index >= 15 is 0 Å². The van der Waals surface area contributed by atoms with Gasteiger partial charge >= 0.3 is 0 Å². The van der Waals surface area contributed by atoms with Gasteiger partial charge in [-0.1, -0.05) is 37.3 Å². The molecule has 0 aliphatic carbocycles. The first kappa shape index (κ1) is 23.7. The van der Waals surface area contributed by atoms with E-state index in [1.165, 1.54) is 4.31 Å². The number of amides is 1. The zero-order valence-corrected chi connectivity index (χ0v) is 19.2. The molecule has 2 aromatic carbocycles. The molecule has 164 valence electrons. The number of benzene rings is 2. The Labute approximate surface area is 180 Å². The Kier molecular flexibility index (Phi) is 7.89. The van der Waals surface area contributed by atoms with Gasteiger partial charge in [-0.3, -0.25) is 9.10 Å². The molecule has 2 rings (SSSR count). The van der Waals surface area contributed by atoms with Crippen LogP contribution < -0.4 is 14.4 Å². The van der Waals surface area contributed by atoms with Crippen LogP contribution in [0.5, 0.6) is 5.75 Å². The van der Waals surface area contributed by atoms with E-state index in [0.717, 1.165) is 11.8 Å². The highest BCUT2D eigenvalue weighted by Crippen LogP contribution is 2.26. The molecule has 0 heterocycles. The largest absolute Gasteiger partial charge is 0.494 e. The molecule has 1 N–H and O–H groups in total. The summed E-state index contributed by atoms with van der Waals surface area (Å²) >= 11 is 0. The van der Waals surface area contributed by atoms with Crippen molar-refractivity contribution < 1.29 is 17.9 Å². The lowest BCUT2D eigenvalue weighted by Crippen LogP contribution is -2.55. The molecule has 0 aliphatic heterocycles. The van der Waals surface area contributed by atoms with Crippen molar-refractivity contribution in [3.05, 3.63) is 60.2 Å². The van der Waals surface area contributed by atoms with Crippen LogP contribution >= 0.6 is 0 Å². The Bertz CT molecular complexity index is 925. The standard InChI is InChI=1S/C23H32N2O4S/c1-6-21(22(26)24-23(3,4)17-18-11-9-8-10-12-18)25(30(5,27)28)19-13-15-20(16-14-19)29-7-2/h8-16,21H,6-7,17H2,1-5H3,(H,24,26)/t21-/m0/s1. The third kappa shape index (κ3) is 6.49. The number of hydrogen-bond donors (Lipinski definition) is 1. The SMILES string of the molecule is CCOc1ccc(N([C@@H](CC)C(=O)NC(C)(C)Cc2ccccc2)S(C)(=O)=O)cc1. The zero-order chi connectivity index (χ0) is 22.4. The monoisotopic (exact) mass is 432 g/mol. The van der Waals surface area contributed by atoms with Gasteiger partial charge in [-0.2, -0.15) is 0 Å². The van der Waals surface area contributed by atoms with Gasteiger partial charge < -0.3 is 10.1 Å². The Hall–Kier alpha value is -2.54. The molecule has 1 amide bonds. The molecule has 0 saturated carbocycles. The van der Waals surface area contributed by atoms with E-state index in [2.05, 4.69) is 5.32 Å². The zero-order valence-electron chi connectivity index (χ0n) is 18.4. The summed E-state index contributed by atoms with van der Waals surface area (Å²) in [7, 11) is -3.68. The van der Waals surface area contributed by atoms with E-state index in [4.69, 9.17) is 4.74 Å². The highest BCUT2D eigenvalue weighted by molar-refractivity contribution is 7.92. The van der Waals surface area contributed by atoms with Gasteiger partial charge in [0, 0.05) is 5.54 Å². The van der Waals surface area contributed by atoms with Crippen molar-refractivity contribution in [3.8, 4) is 5.75 Å². The lowest BCUT2D eigenvalue weighted by Gasteiger charge is -2.34. The van der Waals surface area contributed by atoms with Crippen molar-refractivity contribution in [3.63, 3.8) is 0 Å². The highest BCUT2D eigenvalue weighted by atomic mass is 32.2. The number of carbonyl (C=O) groups is 1. The molecule has 2 aromatic rings. The summed E-state index contributed by atoms with van der Waals surface area (Å²) in [5.41, 5.74) is 1.000. The van der Waals surface area contributed by atoms with Crippen LogP contribution in [0.2, 0.25) is 0 Å². The summed E-state index contributed by atoms with van der Waals surface area (Å²) < 4.78 is 31.9. The number of ether oxygens (including phenoxy) is 1. The minimum Gasteiger partial charge on any atom is -0.494 e. The average molecular weight is 433 g/mol. The number of carbonyl (C=O) groups excluding carboxylic acids is 1. The van der Waals surface area contributed by atoms with Gasteiger partial charge in [0.2, 0.25) is 15.9 Å². The van der Waals surface area contributed by atoms with Crippen LogP contribution in [0.15, 0.2) is 54.6 Å². The summed E-state index contributed by atoms with van der Waals surface area (Å²) in [4.78, 5) is 13.2. The summed E-state index contributed by atoms with van der Waals surface area (Å²) in [6.07, 6.45) is 2.10. The maximum Gasteiger partial charge on any atom is 0.244 e. The highest BCUT2D eigenvalue weighted by Gasteiger charge is 2.34. The molecule has 0 saturated heterocycles. The van der Waals surface area contributed by atoms with Gasteiger partial charge in [0.25, 0.3) is 0 Å². The van der Waals surface area contributed by atoms with Crippen LogP contribution in [0.1, 0.15) is 39.7 Å². The average Bonchev–Trinajstić information content (AvgIpc) is 2.66. The third-order valence-corrected chi connectivity index (χ3v) is 5.86. The van der Waals surface area contributed by atoms with Crippen molar-refractivity contribution in [1.29, 1.82) is 0 Å². The maximum atomic E-state index is 13.2. The minimum atomic E-state index is -3.68. The van der Waals surface area contributed by atoms with E-state index in [1.807, 2.05) is 51.1 Å². The third-order valence-electron chi connectivity index (χ3n) is 4.68. The maximum absolute atomic E-state index is 13.2. The number of sulfonamides is 1. The smallest absolute Gasteiger partial charge is 0.244 e. The molecule has 7 heteroatoms. The van der Waals surface area contributed by atoms with Gasteiger partial charge in [0.15, 0.2) is 0 Å². The first-order valence-corrected chi connectivity index (χ1v) is 12.0. The summed E-state index contributed by atoms with van der Waals surface area (Å²) in [5, 5.41) is 3.04. The fraction of sp³-hybridized carbons (Fsp3) is 0.435. The molecule has 0 aromatic heterocycles. The number of hydrogen-bond acceptors (Lipinski definition) is 4. The van der Waals surface area contributed by atoms with Crippen LogP contribution in [-0.4, -0.2) is 38.8 Å². The van der Waals surface area contributed by atoms with Crippen LogP contribution in [0.25, 0.3) is 0 Å². The normalized spacial score (nSPS) is 12.8. The van der Waals surface area contributed by atoms with Crippen molar-refractivity contribution in [2.24, 2.45) is 0 Å². The van der Waals surface area contributed by atoms with E-state index in [-0.39, 0.29) is 5.91 Å². The molecular weight excluding hydrogens is 400 g/mol. The molecule has 0 fully saturated rings. The predicted molar refractivity (Wildman–Crippen MR) is 121 cm³/mol. The Morgan fingerprint density at radius 2 is 1.67 bits per heavy atom. The molecule has 0 radical (unpaired) electrons. The molecule has 0 aliphatic rings. The fourth-order valence-corrected chi connectivity index (χ4v) is 4.70. The minimum absolute atomic E-state index is 0.322. The second-order valence-corrected chi connectivity index (χ2v) is 9.80. The first-order valence-electron chi connectivity index (χ1n) is 10.2. The first-order chi connectivity index (χ1) is 14.1. The molecule has 0 unspecified atom stereocenters. The summed E-state index contributed by atoms with van der Waals surface area (Å²) in [6.45, 7) is 8.08. The number of nitrogens with zero attached hydrogens (tertiary/aromatic N) is 1. The van der Waals surface area contributed by atoms with E-state index in [0.29, 0.717) is 30.9 Å². The lowest BCUT2D eigenvalue weighted by molar-refractivity contribution is -0.123. The van der Waals surface area contributed by atoms with Crippen molar-refractivity contribution in [2.45, 2.75) is 52.1 Å². The van der Waals surface area contributed by atoms with Crippen LogP contribution in [0.4, 0.5) is 5.69 Å². The lowest BCUT2D eigenvalue weighted by atomic mass is 9.94. The topological polar surface area (TPSA) is 75.7 Å². The molecule has 6 nitrogen and oxygen atoms in total. The predicted octanol–water partition coefficient (Wildman–Crippen LogP) is 3.77. The molecular formula is C23H32N2O4S. The number of anilines is 1. The Morgan fingerprint density at radius 3 is 2.17 bits per heavy atom. The van der Waals surface area contributed by atoms with Gasteiger partial charge in [0.1, 0.15) is 11.8 Å². The molecule has 30 heavy (non-hydrogen) atoms. The van der Waals surface area contributed by atoms with Crippen molar-refractivity contribution in [1.82, 2.24) is 5.32 Å². The van der Waals surface area contributed by atoms with Gasteiger partial charge in [-0.05, 0) is 63.4 Å². The Morgan fingerprint density at radius 1 is 1.07 bits per heavy atom. The summed E-state index contributed by atoms with van der Waals surface area (Å²) in [6, 6.07) is 15.8. The number of rotatable bonds is 10. The van der Waals surface area contributed by atoms with Crippen LogP contribution in [0, 0.1) is 0 Å². The second-order valence-electron chi connectivity index (χ2n) is 7.95. The van der Waals surface area contributed by atoms with Crippen molar-refractivity contribution >= 4 is 21.6 Å². The van der Waals surface area contributed by atoms with Gasteiger partial charge in [-0.25, -0.2) is 8.42 Å². The second kappa shape index (κ2) is 9.98. The van der Waals surface area contributed by atoms with E-state index < -0.39 is 21.6 Å². The molecule has 0 spiro atoms. The van der Waals surface area contributed by atoms with Crippen LogP contribution in [-0.2, 0) is 21.2 Å². The van der Waals surface area contributed by atoms with Gasteiger partial charge in [0.05, 0.1) is 18.6 Å². The van der Waals surface area contributed by atoms with Crippen LogP contribution in [0.3, 0.4) is 0 Å². The Balaban J connectivity index is 2.26. The number of nitrogens with one attached hydrogen (secondary N) is 1. The van der Waals surface area contributed by atoms with Gasteiger partial charge in [-0.15, -0.1) is 0 Å². The molecule has 1 atom stereocenters.